The molecule has 4 heteroatoms. The molecule has 1 saturated heterocycles. The van der Waals surface area contributed by atoms with Gasteiger partial charge in [0.2, 0.25) is 0 Å². The van der Waals surface area contributed by atoms with E-state index in [1.165, 1.54) is 18.9 Å². The third-order valence-electron chi connectivity index (χ3n) is 3.00. The molecule has 1 atom stereocenters. The van der Waals surface area contributed by atoms with Crippen molar-refractivity contribution < 1.29 is 4.39 Å². The van der Waals surface area contributed by atoms with E-state index in [1.54, 1.807) is 12.1 Å². The number of nitrogens with zero attached hydrogens (tertiary/aromatic N) is 1. The van der Waals surface area contributed by atoms with Crippen LogP contribution in [0.2, 0.25) is 5.02 Å². The molecule has 2 nitrogen and oxygen atoms in total. The Kier molecular flexibility index (Phi) is 3.66. The fourth-order valence-corrected chi connectivity index (χ4v) is 2.25. The Morgan fingerprint density at radius 2 is 2.38 bits per heavy atom. The van der Waals surface area contributed by atoms with Crippen LogP contribution in [0.5, 0.6) is 0 Å². The summed E-state index contributed by atoms with van der Waals surface area (Å²) in [5.41, 5.74) is 0.958. The maximum Gasteiger partial charge on any atom is 0.141 e. The number of hydrogen-bond acceptors (Lipinski definition) is 2. The molecule has 0 amide bonds. The topological polar surface area (TPSA) is 15.3 Å². The molecule has 0 radical (unpaired) electrons. The third kappa shape index (κ3) is 2.66. The summed E-state index contributed by atoms with van der Waals surface area (Å²) in [6.45, 7) is 2.03. The van der Waals surface area contributed by atoms with Crippen molar-refractivity contribution in [3.05, 3.63) is 29.0 Å². The Morgan fingerprint density at radius 3 is 3.00 bits per heavy atom. The summed E-state index contributed by atoms with van der Waals surface area (Å²) in [5, 5.41) is 3.62. The van der Waals surface area contributed by atoms with Crippen molar-refractivity contribution in [3.8, 4) is 0 Å². The first-order valence-corrected chi connectivity index (χ1v) is 5.94. The van der Waals surface area contributed by atoms with Gasteiger partial charge in [-0.1, -0.05) is 11.6 Å². The van der Waals surface area contributed by atoms with Crippen LogP contribution in [-0.4, -0.2) is 26.2 Å². The molecule has 0 spiro atoms. The van der Waals surface area contributed by atoms with E-state index in [-0.39, 0.29) is 10.8 Å². The molecule has 1 N–H and O–H groups in total. The molecule has 0 aliphatic carbocycles. The Balaban J connectivity index is 2.02. The van der Waals surface area contributed by atoms with Gasteiger partial charge in [-0.2, -0.15) is 0 Å². The van der Waals surface area contributed by atoms with Crippen LogP contribution in [0.3, 0.4) is 0 Å². The van der Waals surface area contributed by atoms with Crippen LogP contribution in [0.4, 0.5) is 10.1 Å². The van der Waals surface area contributed by atoms with Gasteiger partial charge in [-0.25, -0.2) is 4.39 Å². The van der Waals surface area contributed by atoms with Crippen molar-refractivity contribution >= 4 is 17.3 Å². The van der Waals surface area contributed by atoms with E-state index in [2.05, 4.69) is 10.2 Å². The summed E-state index contributed by atoms with van der Waals surface area (Å²) in [7, 11) is 2.00. The van der Waals surface area contributed by atoms with Crippen molar-refractivity contribution in [3.63, 3.8) is 0 Å². The highest BCUT2D eigenvalue weighted by atomic mass is 35.5. The average molecular weight is 243 g/mol. The Bertz CT molecular complexity index is 364. The van der Waals surface area contributed by atoms with E-state index in [0.717, 1.165) is 18.8 Å². The van der Waals surface area contributed by atoms with Crippen LogP contribution < -0.4 is 10.2 Å². The van der Waals surface area contributed by atoms with Crippen molar-refractivity contribution in [2.75, 3.05) is 25.0 Å². The van der Waals surface area contributed by atoms with Crippen LogP contribution >= 0.6 is 11.6 Å². The molecule has 2 rings (SSSR count). The molecule has 0 aromatic heterocycles. The first-order chi connectivity index (χ1) is 7.66. The molecule has 1 heterocycles. The lowest BCUT2D eigenvalue weighted by molar-refractivity contribution is 0.598. The Morgan fingerprint density at radius 1 is 1.56 bits per heavy atom. The number of rotatable bonds is 3. The second-order valence-corrected chi connectivity index (χ2v) is 4.68. The van der Waals surface area contributed by atoms with E-state index >= 15 is 0 Å². The molecule has 1 unspecified atom stereocenters. The van der Waals surface area contributed by atoms with Gasteiger partial charge in [0.15, 0.2) is 0 Å². The summed E-state index contributed by atoms with van der Waals surface area (Å²) < 4.78 is 13.0. The monoisotopic (exact) mass is 242 g/mol. The standard InChI is InChI=1S/C12H16ClFN2/c1-16(8-9-3-2-6-15-9)10-4-5-12(14)11(13)7-10/h4-5,7,9,15H,2-3,6,8H2,1H3. The van der Waals surface area contributed by atoms with E-state index in [9.17, 15) is 4.39 Å². The maximum atomic E-state index is 13.0. The van der Waals surface area contributed by atoms with E-state index < -0.39 is 0 Å². The van der Waals surface area contributed by atoms with Crippen LogP contribution in [0.1, 0.15) is 12.8 Å². The normalized spacial score (nSPS) is 20.1. The Hall–Kier alpha value is -0.800. The maximum absolute atomic E-state index is 13.0. The molecule has 88 valence electrons. The van der Waals surface area contributed by atoms with Crippen LogP contribution in [0, 0.1) is 5.82 Å². The lowest BCUT2D eigenvalue weighted by Gasteiger charge is -2.23. The second-order valence-electron chi connectivity index (χ2n) is 4.27. The third-order valence-corrected chi connectivity index (χ3v) is 3.29. The number of halogens is 2. The molecule has 1 aliphatic heterocycles. The van der Waals surface area contributed by atoms with Crippen molar-refractivity contribution in [1.29, 1.82) is 0 Å². The molecule has 0 bridgehead atoms. The molecule has 1 aliphatic rings. The fourth-order valence-electron chi connectivity index (χ4n) is 2.07. The van der Waals surface area contributed by atoms with Gasteiger partial charge in [0.05, 0.1) is 5.02 Å². The number of benzene rings is 1. The van der Waals surface area contributed by atoms with Gasteiger partial charge in [0.25, 0.3) is 0 Å². The lowest BCUT2D eigenvalue weighted by Crippen LogP contribution is -2.35. The highest BCUT2D eigenvalue weighted by molar-refractivity contribution is 6.31. The SMILES string of the molecule is CN(CC1CCCN1)c1ccc(F)c(Cl)c1. The van der Waals surface area contributed by atoms with Gasteiger partial charge in [-0.05, 0) is 37.6 Å². The Labute approximate surface area is 100 Å². The van der Waals surface area contributed by atoms with Gasteiger partial charge < -0.3 is 10.2 Å². The van der Waals surface area contributed by atoms with Crippen molar-refractivity contribution in [2.45, 2.75) is 18.9 Å². The number of hydrogen-bond donors (Lipinski definition) is 1. The predicted molar refractivity (Wildman–Crippen MR) is 65.7 cm³/mol. The first-order valence-electron chi connectivity index (χ1n) is 5.56. The van der Waals surface area contributed by atoms with Gasteiger partial charge in [-0.15, -0.1) is 0 Å². The number of nitrogens with one attached hydrogen (secondary N) is 1. The van der Waals surface area contributed by atoms with Crippen LogP contribution in [-0.2, 0) is 0 Å². The molecule has 1 aromatic rings. The van der Waals surface area contributed by atoms with Crippen molar-refractivity contribution in [2.24, 2.45) is 0 Å². The highest BCUT2D eigenvalue weighted by Gasteiger charge is 2.16. The van der Waals surface area contributed by atoms with Gasteiger partial charge in [0.1, 0.15) is 5.82 Å². The highest BCUT2D eigenvalue weighted by Crippen LogP contribution is 2.22. The first kappa shape index (κ1) is 11.7. The summed E-state index contributed by atoms with van der Waals surface area (Å²) in [6, 6.07) is 5.38. The minimum atomic E-state index is -0.363. The zero-order chi connectivity index (χ0) is 11.5. The molecular weight excluding hydrogens is 227 g/mol. The number of anilines is 1. The molecule has 1 aromatic carbocycles. The summed E-state index contributed by atoms with van der Waals surface area (Å²) >= 11 is 5.76. The van der Waals surface area contributed by atoms with E-state index in [0.29, 0.717) is 6.04 Å². The summed E-state index contributed by atoms with van der Waals surface area (Å²) in [6.07, 6.45) is 2.45. The van der Waals surface area contributed by atoms with Gasteiger partial charge in [0, 0.05) is 25.3 Å². The smallest absolute Gasteiger partial charge is 0.141 e. The largest absolute Gasteiger partial charge is 0.373 e. The van der Waals surface area contributed by atoms with Gasteiger partial charge >= 0.3 is 0 Å². The zero-order valence-corrected chi connectivity index (χ0v) is 10.1. The average Bonchev–Trinajstić information content (AvgIpc) is 2.74. The molecule has 1 fully saturated rings. The minimum absolute atomic E-state index is 0.184. The molecule has 0 saturated carbocycles. The fraction of sp³-hybridized carbons (Fsp3) is 0.500. The number of likely N-dealkylation sites (N-methyl/N-ethyl adjacent to an activating group) is 1. The summed E-state index contributed by atoms with van der Waals surface area (Å²) in [4.78, 5) is 2.11. The van der Waals surface area contributed by atoms with Crippen molar-refractivity contribution in [1.82, 2.24) is 5.32 Å². The lowest BCUT2D eigenvalue weighted by atomic mass is 10.2. The van der Waals surface area contributed by atoms with Gasteiger partial charge in [-0.3, -0.25) is 0 Å². The molecular formula is C12H16ClFN2. The minimum Gasteiger partial charge on any atom is -0.373 e. The van der Waals surface area contributed by atoms with Crippen LogP contribution in [0.25, 0.3) is 0 Å². The molecule has 16 heavy (non-hydrogen) atoms. The van der Waals surface area contributed by atoms with Crippen LogP contribution in [0.15, 0.2) is 18.2 Å². The predicted octanol–water partition coefficient (Wildman–Crippen LogP) is 2.67. The quantitative estimate of drug-likeness (QED) is 0.877. The second kappa shape index (κ2) is 5.02. The zero-order valence-electron chi connectivity index (χ0n) is 9.34. The summed E-state index contributed by atoms with van der Waals surface area (Å²) in [5.74, 6) is -0.363. The van der Waals surface area contributed by atoms with E-state index in [4.69, 9.17) is 11.6 Å². The van der Waals surface area contributed by atoms with E-state index in [1.807, 2.05) is 7.05 Å².